The third kappa shape index (κ3) is 4.07. The molecular formula is C42H29N3S. The van der Waals surface area contributed by atoms with Crippen molar-refractivity contribution < 1.29 is 0 Å². The van der Waals surface area contributed by atoms with Gasteiger partial charge in [0.05, 0.1) is 0 Å². The van der Waals surface area contributed by atoms with Crippen molar-refractivity contribution in [3.05, 3.63) is 151 Å². The van der Waals surface area contributed by atoms with Crippen molar-refractivity contribution in [1.82, 2.24) is 15.0 Å². The fraction of sp³-hybridized carbons (Fsp3) is 0.0714. The van der Waals surface area contributed by atoms with Crippen LogP contribution in [0.4, 0.5) is 0 Å². The molecule has 46 heavy (non-hydrogen) atoms. The molecule has 0 spiro atoms. The normalized spacial score (nSPS) is 13.2. The molecule has 6 aromatic carbocycles. The summed E-state index contributed by atoms with van der Waals surface area (Å²) in [7, 11) is 0. The second-order valence-corrected chi connectivity index (χ2v) is 13.4. The molecule has 0 fully saturated rings. The highest BCUT2D eigenvalue weighted by Gasteiger charge is 2.37. The molecule has 0 aliphatic heterocycles. The number of rotatable bonds is 4. The van der Waals surface area contributed by atoms with Gasteiger partial charge in [0.15, 0.2) is 17.5 Å². The molecule has 2 heterocycles. The summed E-state index contributed by atoms with van der Waals surface area (Å²) in [5.41, 5.74) is 10.2. The molecule has 0 radical (unpaired) electrons. The Labute approximate surface area is 271 Å². The van der Waals surface area contributed by atoms with E-state index in [-0.39, 0.29) is 5.41 Å². The molecule has 2 aromatic heterocycles. The molecular weight excluding hydrogens is 579 g/mol. The molecule has 0 unspecified atom stereocenters. The van der Waals surface area contributed by atoms with Gasteiger partial charge in [-0.15, -0.1) is 11.3 Å². The monoisotopic (exact) mass is 607 g/mol. The lowest BCUT2D eigenvalue weighted by molar-refractivity contribution is 0.660. The fourth-order valence-corrected chi connectivity index (χ4v) is 8.36. The number of hydrogen-bond acceptors (Lipinski definition) is 4. The summed E-state index contributed by atoms with van der Waals surface area (Å²) in [5.74, 6) is 2.04. The number of thiophene rings is 1. The molecule has 4 heteroatoms. The van der Waals surface area contributed by atoms with Gasteiger partial charge in [-0.2, -0.15) is 0 Å². The SMILES string of the molecule is CC1(C)c2ccccc2-c2c(-c3nc(-c4ccccc4-c4ccccc4)nc(-c4cccc5c4sc4ccccc45)n3)cccc21. The van der Waals surface area contributed by atoms with Gasteiger partial charge in [-0.25, -0.2) is 15.0 Å². The summed E-state index contributed by atoms with van der Waals surface area (Å²) < 4.78 is 2.45. The number of nitrogens with zero attached hydrogens (tertiary/aromatic N) is 3. The summed E-state index contributed by atoms with van der Waals surface area (Å²) in [6.07, 6.45) is 0. The molecule has 0 atom stereocenters. The maximum atomic E-state index is 5.30. The van der Waals surface area contributed by atoms with Crippen LogP contribution in [0.15, 0.2) is 140 Å². The minimum atomic E-state index is -0.122. The molecule has 3 nitrogen and oxygen atoms in total. The van der Waals surface area contributed by atoms with Gasteiger partial charge in [0, 0.05) is 42.3 Å². The average Bonchev–Trinajstić information content (AvgIpc) is 3.61. The molecule has 9 rings (SSSR count). The molecule has 0 bridgehead atoms. The highest BCUT2D eigenvalue weighted by Crippen LogP contribution is 2.52. The van der Waals surface area contributed by atoms with Gasteiger partial charge in [-0.3, -0.25) is 0 Å². The fourth-order valence-electron chi connectivity index (χ4n) is 7.15. The van der Waals surface area contributed by atoms with E-state index in [1.165, 1.54) is 42.4 Å². The van der Waals surface area contributed by atoms with E-state index in [2.05, 4.69) is 147 Å². The predicted molar refractivity (Wildman–Crippen MR) is 192 cm³/mol. The van der Waals surface area contributed by atoms with Crippen LogP contribution in [0, 0.1) is 0 Å². The van der Waals surface area contributed by atoms with E-state index in [1.54, 1.807) is 11.3 Å². The van der Waals surface area contributed by atoms with Crippen LogP contribution in [0.5, 0.6) is 0 Å². The Morgan fingerprint density at radius 2 is 0.978 bits per heavy atom. The molecule has 0 saturated heterocycles. The van der Waals surface area contributed by atoms with Crippen molar-refractivity contribution in [2.45, 2.75) is 19.3 Å². The second-order valence-electron chi connectivity index (χ2n) is 12.4. The van der Waals surface area contributed by atoms with Crippen molar-refractivity contribution in [1.29, 1.82) is 0 Å². The van der Waals surface area contributed by atoms with E-state index < -0.39 is 0 Å². The Morgan fingerprint density at radius 3 is 1.80 bits per heavy atom. The Hall–Kier alpha value is -5.45. The van der Waals surface area contributed by atoms with Crippen LogP contribution in [0.3, 0.4) is 0 Å². The first kappa shape index (κ1) is 26.9. The molecule has 0 N–H and O–H groups in total. The van der Waals surface area contributed by atoms with Crippen molar-refractivity contribution in [2.75, 3.05) is 0 Å². The van der Waals surface area contributed by atoms with Crippen LogP contribution in [-0.4, -0.2) is 15.0 Å². The Bertz CT molecular complexity index is 2460. The Kier molecular flexibility index (Phi) is 6.02. The number of aromatic nitrogens is 3. The van der Waals surface area contributed by atoms with Crippen LogP contribution < -0.4 is 0 Å². The first-order valence-electron chi connectivity index (χ1n) is 15.6. The van der Waals surface area contributed by atoms with Crippen LogP contribution in [0.25, 0.3) is 76.6 Å². The van der Waals surface area contributed by atoms with Gasteiger partial charge < -0.3 is 0 Å². The van der Waals surface area contributed by atoms with Gasteiger partial charge in [0.1, 0.15) is 0 Å². The van der Waals surface area contributed by atoms with Crippen LogP contribution in [-0.2, 0) is 5.41 Å². The predicted octanol–water partition coefficient (Wildman–Crippen LogP) is 11.2. The molecule has 218 valence electrons. The third-order valence-electron chi connectivity index (χ3n) is 9.38. The molecule has 1 aliphatic carbocycles. The summed E-state index contributed by atoms with van der Waals surface area (Å²) in [6.45, 7) is 4.62. The maximum absolute atomic E-state index is 5.30. The van der Waals surface area contributed by atoms with Gasteiger partial charge in [-0.05, 0) is 45.5 Å². The van der Waals surface area contributed by atoms with Crippen LogP contribution in [0.2, 0.25) is 0 Å². The lowest BCUT2D eigenvalue weighted by Crippen LogP contribution is -2.14. The van der Waals surface area contributed by atoms with E-state index in [0.29, 0.717) is 17.5 Å². The van der Waals surface area contributed by atoms with Gasteiger partial charge >= 0.3 is 0 Å². The minimum absolute atomic E-state index is 0.122. The first-order chi connectivity index (χ1) is 22.6. The molecule has 8 aromatic rings. The molecule has 0 amide bonds. The largest absolute Gasteiger partial charge is 0.208 e. The summed E-state index contributed by atoms with van der Waals surface area (Å²) in [6, 6.07) is 49.3. The Morgan fingerprint density at radius 1 is 0.435 bits per heavy atom. The van der Waals surface area contributed by atoms with Crippen LogP contribution >= 0.6 is 11.3 Å². The minimum Gasteiger partial charge on any atom is -0.208 e. The van der Waals surface area contributed by atoms with Crippen molar-refractivity contribution in [3.63, 3.8) is 0 Å². The van der Waals surface area contributed by atoms with E-state index in [1.807, 2.05) is 6.07 Å². The number of benzene rings is 6. The van der Waals surface area contributed by atoms with Gasteiger partial charge in [0.2, 0.25) is 0 Å². The van der Waals surface area contributed by atoms with Crippen molar-refractivity contribution in [2.24, 2.45) is 0 Å². The quantitative estimate of drug-likeness (QED) is 0.200. The summed E-state index contributed by atoms with van der Waals surface area (Å²) in [4.78, 5) is 15.8. The van der Waals surface area contributed by atoms with E-state index in [9.17, 15) is 0 Å². The van der Waals surface area contributed by atoms with E-state index >= 15 is 0 Å². The zero-order valence-corrected chi connectivity index (χ0v) is 26.3. The highest BCUT2D eigenvalue weighted by molar-refractivity contribution is 7.26. The second kappa shape index (κ2) is 10.3. The molecule has 1 aliphatic rings. The topological polar surface area (TPSA) is 38.7 Å². The Balaban J connectivity index is 1.35. The zero-order chi connectivity index (χ0) is 30.8. The summed E-state index contributed by atoms with van der Waals surface area (Å²) in [5, 5.41) is 2.48. The molecule has 0 saturated carbocycles. The number of hydrogen-bond donors (Lipinski definition) is 0. The third-order valence-corrected chi connectivity index (χ3v) is 10.6. The standard InChI is InChI=1S/C42H29N3S/c1-42(2)34-23-10-8-19-31(34)37-32(21-13-24-35(37)42)40-43-39(30-18-7-6-16-27(30)26-14-4-3-5-15-26)44-41(45-40)33-22-12-20-29-28-17-9-11-25-36(28)46-38(29)33/h3-25H,1-2H3. The average molecular weight is 608 g/mol. The number of fused-ring (bicyclic) bond motifs is 6. The summed E-state index contributed by atoms with van der Waals surface area (Å²) >= 11 is 1.80. The smallest absolute Gasteiger partial charge is 0.165 e. The zero-order valence-electron chi connectivity index (χ0n) is 25.5. The first-order valence-corrected chi connectivity index (χ1v) is 16.4. The van der Waals surface area contributed by atoms with Gasteiger partial charge in [0.25, 0.3) is 0 Å². The highest BCUT2D eigenvalue weighted by atomic mass is 32.1. The van der Waals surface area contributed by atoms with Crippen molar-refractivity contribution in [3.8, 4) is 56.4 Å². The lowest BCUT2D eigenvalue weighted by atomic mass is 9.82. The van der Waals surface area contributed by atoms with Crippen molar-refractivity contribution >= 4 is 31.5 Å². The maximum Gasteiger partial charge on any atom is 0.165 e. The van der Waals surface area contributed by atoms with E-state index in [0.717, 1.165) is 27.8 Å². The van der Waals surface area contributed by atoms with Gasteiger partial charge in [-0.1, -0.05) is 141 Å². The van der Waals surface area contributed by atoms with E-state index in [4.69, 9.17) is 15.0 Å². The lowest BCUT2D eigenvalue weighted by Gasteiger charge is -2.21. The van der Waals surface area contributed by atoms with Crippen LogP contribution in [0.1, 0.15) is 25.0 Å².